The summed E-state index contributed by atoms with van der Waals surface area (Å²) >= 11 is 0. The number of amides is 1. The summed E-state index contributed by atoms with van der Waals surface area (Å²) in [6, 6.07) is 5.57. The van der Waals surface area contributed by atoms with E-state index in [1.807, 2.05) is 12.1 Å². The molecule has 0 unspecified atom stereocenters. The summed E-state index contributed by atoms with van der Waals surface area (Å²) in [5, 5.41) is 12.5. The maximum Gasteiger partial charge on any atom is 0.230 e. The van der Waals surface area contributed by atoms with Crippen molar-refractivity contribution in [3.05, 3.63) is 30.6 Å². The Kier molecular flexibility index (Phi) is 3.17. The number of hydrogen-bond acceptors (Lipinski definition) is 5. The van der Waals surface area contributed by atoms with Crippen LogP contribution in [0.2, 0.25) is 0 Å². The van der Waals surface area contributed by atoms with Crippen LogP contribution in [0.1, 0.15) is 6.42 Å². The van der Waals surface area contributed by atoms with Gasteiger partial charge in [0.25, 0.3) is 0 Å². The van der Waals surface area contributed by atoms with Gasteiger partial charge in [-0.3, -0.25) is 9.78 Å². The lowest BCUT2D eigenvalue weighted by molar-refractivity contribution is -0.119. The molecule has 1 aliphatic heterocycles. The van der Waals surface area contributed by atoms with Gasteiger partial charge in [-0.1, -0.05) is 6.07 Å². The average Bonchev–Trinajstić information content (AvgIpc) is 2.96. The fraction of sp³-hybridized carbons (Fsp3) is 0.286. The average molecular weight is 267 g/mol. The fourth-order valence-electron chi connectivity index (χ4n) is 2.34. The molecule has 0 radical (unpaired) electrons. The number of fused-ring (bicyclic) bond motifs is 1. The molecular formula is C14H13N5O. The molecule has 1 amide bonds. The molecule has 0 aliphatic carbocycles. The molecule has 20 heavy (non-hydrogen) atoms. The number of nitriles is 1. The first kappa shape index (κ1) is 12.4. The second-order valence-electron chi connectivity index (χ2n) is 4.79. The second kappa shape index (κ2) is 5.13. The number of nitrogens with zero attached hydrogens (tertiary/aromatic N) is 4. The van der Waals surface area contributed by atoms with E-state index in [0.717, 1.165) is 10.9 Å². The van der Waals surface area contributed by atoms with E-state index in [1.54, 1.807) is 23.4 Å². The quantitative estimate of drug-likeness (QED) is 0.831. The third kappa shape index (κ3) is 2.38. The Hall–Kier alpha value is -2.68. The summed E-state index contributed by atoms with van der Waals surface area (Å²) in [5.41, 5.74) is 0.794. The van der Waals surface area contributed by atoms with Crippen molar-refractivity contribution in [3.63, 3.8) is 0 Å². The minimum atomic E-state index is -0.152. The van der Waals surface area contributed by atoms with Crippen LogP contribution in [0, 0.1) is 17.4 Å². The molecule has 2 aromatic heterocycles. The molecule has 100 valence electrons. The predicted molar refractivity (Wildman–Crippen MR) is 73.5 cm³/mol. The Morgan fingerprint density at radius 1 is 1.50 bits per heavy atom. The SMILES string of the molecule is N#CN1CC[C@H](C(=O)Nc2cc3cccnc3cn2)C1. The summed E-state index contributed by atoms with van der Waals surface area (Å²) in [6.07, 6.45) is 6.11. The van der Waals surface area contributed by atoms with Crippen LogP contribution in [0.3, 0.4) is 0 Å². The van der Waals surface area contributed by atoms with Crippen LogP contribution in [0.5, 0.6) is 0 Å². The highest BCUT2D eigenvalue weighted by molar-refractivity contribution is 5.93. The number of rotatable bonds is 2. The van der Waals surface area contributed by atoms with Gasteiger partial charge in [0.2, 0.25) is 5.91 Å². The molecule has 6 heteroatoms. The summed E-state index contributed by atoms with van der Waals surface area (Å²) in [7, 11) is 0. The highest BCUT2D eigenvalue weighted by atomic mass is 16.2. The number of hydrogen-bond donors (Lipinski definition) is 1. The van der Waals surface area contributed by atoms with E-state index in [1.165, 1.54) is 0 Å². The third-order valence-electron chi connectivity index (χ3n) is 3.44. The van der Waals surface area contributed by atoms with Crippen LogP contribution < -0.4 is 5.32 Å². The smallest absolute Gasteiger partial charge is 0.230 e. The molecule has 0 saturated carbocycles. The van der Waals surface area contributed by atoms with Crippen LogP contribution in [0.4, 0.5) is 5.82 Å². The van der Waals surface area contributed by atoms with E-state index >= 15 is 0 Å². The van der Waals surface area contributed by atoms with Gasteiger partial charge in [-0.2, -0.15) is 5.26 Å². The van der Waals surface area contributed by atoms with Crippen LogP contribution in [-0.4, -0.2) is 33.9 Å². The molecule has 1 saturated heterocycles. The molecule has 3 heterocycles. The van der Waals surface area contributed by atoms with E-state index in [4.69, 9.17) is 5.26 Å². The van der Waals surface area contributed by atoms with Gasteiger partial charge in [0.1, 0.15) is 5.82 Å². The number of nitrogens with one attached hydrogen (secondary N) is 1. The van der Waals surface area contributed by atoms with Gasteiger partial charge in [-0.15, -0.1) is 0 Å². The van der Waals surface area contributed by atoms with Crippen molar-refractivity contribution in [1.29, 1.82) is 5.26 Å². The monoisotopic (exact) mass is 267 g/mol. The molecule has 2 aromatic rings. The zero-order valence-electron chi connectivity index (χ0n) is 10.8. The van der Waals surface area contributed by atoms with Gasteiger partial charge in [-0.05, 0) is 18.6 Å². The van der Waals surface area contributed by atoms with Crippen LogP contribution in [0.25, 0.3) is 10.9 Å². The molecule has 1 aliphatic rings. The maximum absolute atomic E-state index is 12.1. The number of carbonyl (C=O) groups excluding carboxylic acids is 1. The molecule has 6 nitrogen and oxygen atoms in total. The summed E-state index contributed by atoms with van der Waals surface area (Å²) in [6.45, 7) is 1.13. The van der Waals surface area contributed by atoms with Gasteiger partial charge in [0, 0.05) is 24.7 Å². The van der Waals surface area contributed by atoms with Gasteiger partial charge in [0.15, 0.2) is 6.19 Å². The van der Waals surface area contributed by atoms with Crippen molar-refractivity contribution in [2.24, 2.45) is 5.92 Å². The minimum absolute atomic E-state index is 0.0847. The van der Waals surface area contributed by atoms with Gasteiger partial charge in [-0.25, -0.2) is 4.98 Å². The zero-order chi connectivity index (χ0) is 13.9. The molecule has 1 fully saturated rings. The normalized spacial score (nSPS) is 17.9. The summed E-state index contributed by atoms with van der Waals surface area (Å²) in [5.74, 6) is 0.283. The van der Waals surface area contributed by atoms with Gasteiger partial charge < -0.3 is 10.2 Å². The van der Waals surface area contributed by atoms with Crippen molar-refractivity contribution < 1.29 is 4.79 Å². The second-order valence-corrected chi connectivity index (χ2v) is 4.79. The first-order valence-electron chi connectivity index (χ1n) is 6.42. The molecule has 1 atom stereocenters. The largest absolute Gasteiger partial charge is 0.310 e. The Bertz CT molecular complexity index is 693. The molecule has 0 aromatic carbocycles. The Balaban J connectivity index is 1.73. The zero-order valence-corrected chi connectivity index (χ0v) is 10.8. The highest BCUT2D eigenvalue weighted by Crippen LogP contribution is 2.19. The van der Waals surface area contributed by atoms with E-state index in [9.17, 15) is 4.79 Å². The van der Waals surface area contributed by atoms with Crippen molar-refractivity contribution >= 4 is 22.6 Å². The number of aromatic nitrogens is 2. The number of anilines is 1. The lowest BCUT2D eigenvalue weighted by atomic mass is 10.1. The van der Waals surface area contributed by atoms with E-state index < -0.39 is 0 Å². The lowest BCUT2D eigenvalue weighted by Gasteiger charge is -2.10. The first-order chi connectivity index (χ1) is 9.76. The molecule has 1 N–H and O–H groups in total. The number of pyridine rings is 2. The topological polar surface area (TPSA) is 81.9 Å². The molecule has 3 rings (SSSR count). The highest BCUT2D eigenvalue weighted by Gasteiger charge is 2.27. The lowest BCUT2D eigenvalue weighted by Crippen LogP contribution is -2.25. The summed E-state index contributed by atoms with van der Waals surface area (Å²) < 4.78 is 0. The number of carbonyl (C=O) groups is 1. The van der Waals surface area contributed by atoms with Gasteiger partial charge >= 0.3 is 0 Å². The fourth-order valence-corrected chi connectivity index (χ4v) is 2.34. The van der Waals surface area contributed by atoms with E-state index in [2.05, 4.69) is 21.5 Å². The summed E-state index contributed by atoms with van der Waals surface area (Å²) in [4.78, 5) is 22.1. The Morgan fingerprint density at radius 2 is 2.40 bits per heavy atom. The predicted octanol–water partition coefficient (Wildman–Crippen LogP) is 1.37. The van der Waals surface area contributed by atoms with Crippen LogP contribution in [-0.2, 0) is 4.79 Å². The molecule has 0 spiro atoms. The van der Waals surface area contributed by atoms with Crippen molar-refractivity contribution in [2.75, 3.05) is 18.4 Å². The van der Waals surface area contributed by atoms with Crippen molar-refractivity contribution in [3.8, 4) is 6.19 Å². The minimum Gasteiger partial charge on any atom is -0.310 e. The van der Waals surface area contributed by atoms with Crippen molar-refractivity contribution in [1.82, 2.24) is 14.9 Å². The van der Waals surface area contributed by atoms with Crippen LogP contribution >= 0.6 is 0 Å². The first-order valence-corrected chi connectivity index (χ1v) is 6.42. The number of likely N-dealkylation sites (tertiary alicyclic amines) is 1. The molecule has 0 bridgehead atoms. The standard InChI is InChI=1S/C14H13N5O/c15-9-19-5-3-11(8-19)14(20)18-13-6-10-2-1-4-16-12(10)7-17-13/h1-2,4,6-7,11H,3,5,8H2,(H,17,18,20)/t11-/m0/s1. The maximum atomic E-state index is 12.1. The van der Waals surface area contributed by atoms with Gasteiger partial charge in [0.05, 0.1) is 17.6 Å². The Morgan fingerprint density at radius 3 is 3.20 bits per heavy atom. The third-order valence-corrected chi connectivity index (χ3v) is 3.44. The Labute approximate surface area is 116 Å². The van der Waals surface area contributed by atoms with E-state index in [0.29, 0.717) is 25.3 Å². The van der Waals surface area contributed by atoms with Crippen LogP contribution in [0.15, 0.2) is 30.6 Å². The van der Waals surface area contributed by atoms with Crippen molar-refractivity contribution in [2.45, 2.75) is 6.42 Å². The van der Waals surface area contributed by atoms with E-state index in [-0.39, 0.29) is 11.8 Å². The molecular weight excluding hydrogens is 254 g/mol.